The van der Waals surface area contributed by atoms with Gasteiger partial charge in [0.2, 0.25) is 5.95 Å². The number of nitrogens with one attached hydrogen (secondary N) is 1. The van der Waals surface area contributed by atoms with Gasteiger partial charge < -0.3 is 5.32 Å². The first-order valence-corrected chi connectivity index (χ1v) is 6.51. The Morgan fingerprint density at radius 3 is 2.18 bits per heavy atom. The molecule has 0 saturated carbocycles. The molecular weight excluding hydrogens is 234 g/mol. The van der Waals surface area contributed by atoms with E-state index in [-0.39, 0.29) is 11.5 Å². The molecule has 0 aromatic carbocycles. The van der Waals surface area contributed by atoms with E-state index in [2.05, 4.69) is 36.1 Å². The third-order valence-corrected chi connectivity index (χ3v) is 2.95. The number of aromatic nitrogens is 2. The smallest absolute Gasteiger partial charge is 0.223 e. The second-order valence-electron chi connectivity index (χ2n) is 5.51. The Morgan fingerprint density at radius 2 is 1.76 bits per heavy atom. The molecule has 3 nitrogen and oxygen atoms in total. The fourth-order valence-corrected chi connectivity index (χ4v) is 2.00. The van der Waals surface area contributed by atoms with Crippen LogP contribution in [0.25, 0.3) is 0 Å². The van der Waals surface area contributed by atoms with Crippen LogP contribution >= 0.6 is 11.6 Å². The molecule has 0 bridgehead atoms. The van der Waals surface area contributed by atoms with E-state index in [1.54, 1.807) is 0 Å². The largest absolute Gasteiger partial charge is 0.351 e. The van der Waals surface area contributed by atoms with Crippen molar-refractivity contribution < 1.29 is 0 Å². The molecule has 0 radical (unpaired) electrons. The van der Waals surface area contributed by atoms with Gasteiger partial charge in [-0.3, -0.25) is 0 Å². The molecule has 1 heterocycles. The molecule has 0 amide bonds. The minimum absolute atomic E-state index is 0.135. The van der Waals surface area contributed by atoms with Gasteiger partial charge in [0.15, 0.2) is 0 Å². The molecule has 1 unspecified atom stereocenters. The summed E-state index contributed by atoms with van der Waals surface area (Å²) < 4.78 is 0. The number of anilines is 1. The fourth-order valence-electron chi connectivity index (χ4n) is 1.78. The van der Waals surface area contributed by atoms with Crippen LogP contribution in [0, 0.1) is 19.3 Å². The van der Waals surface area contributed by atoms with E-state index >= 15 is 0 Å². The molecular formula is C13H22ClN3. The standard InChI is InChI=1S/C13H22ClN3/c1-9-8-10(2)16-12(15-9)17-11(6-7-14)13(3,4)5/h8,11H,6-7H2,1-5H3,(H,15,16,17). The first-order chi connectivity index (χ1) is 7.82. The predicted molar refractivity (Wildman–Crippen MR) is 73.7 cm³/mol. The van der Waals surface area contributed by atoms with Crippen molar-refractivity contribution in [3.8, 4) is 0 Å². The Balaban J connectivity index is 2.86. The first kappa shape index (κ1) is 14.2. The van der Waals surface area contributed by atoms with Crippen LogP contribution in [0.1, 0.15) is 38.6 Å². The lowest BCUT2D eigenvalue weighted by molar-refractivity contribution is 0.333. The lowest BCUT2D eigenvalue weighted by atomic mass is 9.85. The van der Waals surface area contributed by atoms with Crippen LogP contribution in [0.4, 0.5) is 5.95 Å². The Kier molecular flexibility index (Phi) is 4.75. The second-order valence-corrected chi connectivity index (χ2v) is 5.89. The van der Waals surface area contributed by atoms with Crippen molar-refractivity contribution in [1.82, 2.24) is 9.97 Å². The van der Waals surface area contributed by atoms with Crippen molar-refractivity contribution in [3.05, 3.63) is 17.5 Å². The van der Waals surface area contributed by atoms with E-state index in [1.807, 2.05) is 19.9 Å². The molecule has 1 atom stereocenters. The van der Waals surface area contributed by atoms with Gasteiger partial charge in [-0.2, -0.15) is 0 Å². The maximum atomic E-state index is 5.85. The van der Waals surface area contributed by atoms with Crippen LogP contribution in [-0.4, -0.2) is 21.9 Å². The van der Waals surface area contributed by atoms with Gasteiger partial charge >= 0.3 is 0 Å². The zero-order valence-electron chi connectivity index (χ0n) is 11.3. The van der Waals surface area contributed by atoms with Gasteiger partial charge in [-0.1, -0.05) is 20.8 Å². The Morgan fingerprint density at radius 1 is 1.24 bits per heavy atom. The van der Waals surface area contributed by atoms with Gasteiger partial charge in [0, 0.05) is 23.3 Å². The van der Waals surface area contributed by atoms with E-state index in [0.717, 1.165) is 17.8 Å². The SMILES string of the molecule is Cc1cc(C)nc(NC(CCCl)C(C)(C)C)n1. The monoisotopic (exact) mass is 255 g/mol. The second kappa shape index (κ2) is 5.67. The average molecular weight is 256 g/mol. The zero-order chi connectivity index (χ0) is 13.1. The topological polar surface area (TPSA) is 37.8 Å². The molecule has 1 aromatic heterocycles. The molecule has 0 spiro atoms. The quantitative estimate of drug-likeness (QED) is 0.837. The number of nitrogens with zero attached hydrogens (tertiary/aromatic N) is 2. The number of rotatable bonds is 4. The van der Waals surface area contributed by atoms with Crippen LogP contribution in [-0.2, 0) is 0 Å². The summed E-state index contributed by atoms with van der Waals surface area (Å²) in [5, 5.41) is 3.39. The number of alkyl halides is 1. The fraction of sp³-hybridized carbons (Fsp3) is 0.692. The summed E-state index contributed by atoms with van der Waals surface area (Å²) in [6.07, 6.45) is 0.904. The highest BCUT2D eigenvalue weighted by Gasteiger charge is 2.24. The lowest BCUT2D eigenvalue weighted by Crippen LogP contribution is -2.35. The highest BCUT2D eigenvalue weighted by atomic mass is 35.5. The summed E-state index contributed by atoms with van der Waals surface area (Å²) in [5.74, 6) is 1.34. The minimum Gasteiger partial charge on any atom is -0.351 e. The summed E-state index contributed by atoms with van der Waals surface area (Å²) in [6.45, 7) is 10.5. The Bertz CT molecular complexity index is 351. The summed E-state index contributed by atoms with van der Waals surface area (Å²) in [4.78, 5) is 8.81. The summed E-state index contributed by atoms with van der Waals surface area (Å²) in [5.41, 5.74) is 2.10. The third-order valence-electron chi connectivity index (χ3n) is 2.73. The summed E-state index contributed by atoms with van der Waals surface area (Å²) in [6, 6.07) is 2.25. The average Bonchev–Trinajstić information content (AvgIpc) is 2.13. The molecule has 0 aliphatic heterocycles. The van der Waals surface area contributed by atoms with Crippen molar-refractivity contribution in [3.63, 3.8) is 0 Å². The number of aryl methyl sites for hydroxylation is 2. The maximum absolute atomic E-state index is 5.85. The number of halogens is 1. The van der Waals surface area contributed by atoms with Crippen LogP contribution in [0.15, 0.2) is 6.07 Å². The molecule has 0 saturated heterocycles. The van der Waals surface area contributed by atoms with Gasteiger partial charge in [0.25, 0.3) is 0 Å². The predicted octanol–water partition coefficient (Wildman–Crippen LogP) is 3.55. The maximum Gasteiger partial charge on any atom is 0.223 e. The lowest BCUT2D eigenvalue weighted by Gasteiger charge is -2.31. The Hall–Kier alpha value is -0.830. The highest BCUT2D eigenvalue weighted by molar-refractivity contribution is 6.17. The number of hydrogen-bond donors (Lipinski definition) is 1. The molecule has 0 aliphatic carbocycles. The van der Waals surface area contributed by atoms with Crippen molar-refractivity contribution >= 4 is 17.5 Å². The van der Waals surface area contributed by atoms with Gasteiger partial charge in [-0.05, 0) is 31.7 Å². The molecule has 4 heteroatoms. The normalized spacial score (nSPS) is 13.5. The van der Waals surface area contributed by atoms with Gasteiger partial charge in [0.1, 0.15) is 0 Å². The van der Waals surface area contributed by atoms with Crippen LogP contribution in [0.5, 0.6) is 0 Å². The summed E-state index contributed by atoms with van der Waals surface area (Å²) in [7, 11) is 0. The zero-order valence-corrected chi connectivity index (χ0v) is 12.1. The van der Waals surface area contributed by atoms with E-state index < -0.39 is 0 Å². The van der Waals surface area contributed by atoms with Gasteiger partial charge in [0.05, 0.1) is 0 Å². The molecule has 0 fully saturated rings. The minimum atomic E-state index is 0.135. The van der Waals surface area contributed by atoms with Gasteiger partial charge in [-0.25, -0.2) is 9.97 Å². The van der Waals surface area contributed by atoms with Crippen LogP contribution in [0.3, 0.4) is 0 Å². The highest BCUT2D eigenvalue weighted by Crippen LogP contribution is 2.25. The molecule has 17 heavy (non-hydrogen) atoms. The van der Waals surface area contributed by atoms with Crippen molar-refractivity contribution in [2.24, 2.45) is 5.41 Å². The molecule has 1 rings (SSSR count). The van der Waals surface area contributed by atoms with Gasteiger partial charge in [-0.15, -0.1) is 11.6 Å². The third kappa shape index (κ3) is 4.50. The van der Waals surface area contributed by atoms with E-state index in [4.69, 9.17) is 11.6 Å². The molecule has 0 aliphatic rings. The van der Waals surface area contributed by atoms with Crippen molar-refractivity contribution in [1.29, 1.82) is 0 Å². The van der Waals surface area contributed by atoms with E-state index in [1.165, 1.54) is 0 Å². The van der Waals surface area contributed by atoms with Crippen molar-refractivity contribution in [2.75, 3.05) is 11.2 Å². The molecule has 1 aromatic rings. The van der Waals surface area contributed by atoms with Crippen LogP contribution < -0.4 is 5.32 Å². The molecule has 1 N–H and O–H groups in total. The van der Waals surface area contributed by atoms with E-state index in [0.29, 0.717) is 11.8 Å². The Labute approximate surface area is 109 Å². The summed E-state index contributed by atoms with van der Waals surface area (Å²) >= 11 is 5.85. The van der Waals surface area contributed by atoms with Crippen molar-refractivity contribution in [2.45, 2.75) is 47.1 Å². The first-order valence-electron chi connectivity index (χ1n) is 5.97. The van der Waals surface area contributed by atoms with E-state index in [9.17, 15) is 0 Å². The molecule has 96 valence electrons. The van der Waals surface area contributed by atoms with Crippen LogP contribution in [0.2, 0.25) is 0 Å². The number of hydrogen-bond acceptors (Lipinski definition) is 3.